The number of carbonyl (C=O) groups excluding carboxylic acids is 1. The number of ether oxygens (including phenoxy) is 1. The van der Waals surface area contributed by atoms with E-state index in [1.54, 1.807) is 12.3 Å². The number of aromatic nitrogens is 1. The fourth-order valence-corrected chi connectivity index (χ4v) is 3.21. The van der Waals surface area contributed by atoms with E-state index >= 15 is 0 Å². The lowest BCUT2D eigenvalue weighted by Crippen LogP contribution is -2.23. The van der Waals surface area contributed by atoms with Crippen LogP contribution < -0.4 is 10.1 Å². The largest absolute Gasteiger partial charge is 0.481 e. The first-order valence-corrected chi connectivity index (χ1v) is 8.31. The first kappa shape index (κ1) is 17.8. The topological polar surface area (TPSA) is 51.2 Å². The van der Waals surface area contributed by atoms with E-state index in [1.165, 1.54) is 13.1 Å². The maximum absolute atomic E-state index is 14.3. The van der Waals surface area contributed by atoms with Crippen molar-refractivity contribution in [2.45, 2.75) is 19.4 Å². The number of nitrogens with one attached hydrogen (secondary N) is 1. The molecule has 3 rings (SSSR count). The van der Waals surface area contributed by atoms with E-state index in [0.717, 1.165) is 19.0 Å². The van der Waals surface area contributed by atoms with Gasteiger partial charge in [0.25, 0.3) is 0 Å². The summed E-state index contributed by atoms with van der Waals surface area (Å²) in [4.78, 5) is 15.9. The minimum absolute atomic E-state index is 0.0459. The first-order valence-electron chi connectivity index (χ1n) is 7.93. The Kier molecular flexibility index (Phi) is 5.30. The van der Waals surface area contributed by atoms with Gasteiger partial charge in [-0.05, 0) is 32.0 Å². The molecular formula is C18H17ClF2N2O2. The minimum Gasteiger partial charge on any atom is -0.481 e. The number of carbonyl (C=O) groups is 1. The molecule has 132 valence electrons. The van der Waals surface area contributed by atoms with Gasteiger partial charge in [0.15, 0.2) is 17.3 Å². The quantitative estimate of drug-likeness (QED) is 0.814. The highest BCUT2D eigenvalue weighted by atomic mass is 35.5. The summed E-state index contributed by atoms with van der Waals surface area (Å²) >= 11 is 6.02. The highest BCUT2D eigenvalue weighted by Crippen LogP contribution is 2.36. The van der Waals surface area contributed by atoms with E-state index in [1.807, 2.05) is 0 Å². The molecule has 1 aromatic carbocycles. The summed E-state index contributed by atoms with van der Waals surface area (Å²) in [5.41, 5.74) is 0.558. The third-order valence-corrected chi connectivity index (χ3v) is 4.42. The lowest BCUT2D eigenvalue weighted by atomic mass is 9.95. The Morgan fingerprint density at radius 2 is 2.16 bits per heavy atom. The van der Waals surface area contributed by atoms with E-state index in [0.29, 0.717) is 23.2 Å². The summed E-state index contributed by atoms with van der Waals surface area (Å²) in [7, 11) is 0. The van der Waals surface area contributed by atoms with Crippen LogP contribution in [0.2, 0.25) is 5.02 Å². The standard InChI is InChI=1S/C18H17ClF2N2O2/c1-10(24)15-5-14(20)6-16(21)18(15)25-17(11-2-3-22-7-11)12-4-13(19)9-23-8-12/h4-6,8-9,11,17,22H,2-3,7H2,1H3/t11-,17?/m0/s1. The van der Waals surface area contributed by atoms with Crippen molar-refractivity contribution in [1.29, 1.82) is 0 Å². The number of ketones is 1. The van der Waals surface area contributed by atoms with Gasteiger partial charge in [-0.2, -0.15) is 0 Å². The molecule has 25 heavy (non-hydrogen) atoms. The zero-order chi connectivity index (χ0) is 18.0. The fourth-order valence-electron chi connectivity index (χ4n) is 3.02. The predicted octanol–water partition coefficient (Wildman–Crippen LogP) is 3.95. The average Bonchev–Trinajstić information content (AvgIpc) is 3.07. The molecule has 1 aliphatic rings. The van der Waals surface area contributed by atoms with Gasteiger partial charge in [-0.1, -0.05) is 11.6 Å². The van der Waals surface area contributed by atoms with Crippen molar-refractivity contribution in [2.24, 2.45) is 5.92 Å². The van der Waals surface area contributed by atoms with E-state index in [4.69, 9.17) is 16.3 Å². The van der Waals surface area contributed by atoms with E-state index < -0.39 is 23.5 Å². The highest BCUT2D eigenvalue weighted by molar-refractivity contribution is 6.30. The van der Waals surface area contributed by atoms with Crippen LogP contribution in [-0.2, 0) is 0 Å². The van der Waals surface area contributed by atoms with Crippen LogP contribution in [-0.4, -0.2) is 23.9 Å². The molecular weight excluding hydrogens is 350 g/mol. The van der Waals surface area contributed by atoms with Crippen LogP contribution in [0.15, 0.2) is 30.6 Å². The molecule has 2 atom stereocenters. The van der Waals surface area contributed by atoms with Crippen molar-refractivity contribution >= 4 is 17.4 Å². The Bertz CT molecular complexity index is 795. The SMILES string of the molecule is CC(=O)c1cc(F)cc(F)c1OC(c1cncc(Cl)c1)[C@H]1CCNC1. The number of benzene rings is 1. The summed E-state index contributed by atoms with van der Waals surface area (Å²) in [6.07, 6.45) is 3.35. The van der Waals surface area contributed by atoms with Crippen LogP contribution in [0, 0.1) is 17.6 Å². The number of nitrogens with zero attached hydrogens (tertiary/aromatic N) is 1. The zero-order valence-corrected chi connectivity index (χ0v) is 14.3. The van der Waals surface area contributed by atoms with Gasteiger partial charge in [0.05, 0.1) is 10.6 Å². The molecule has 1 unspecified atom stereocenters. The van der Waals surface area contributed by atoms with Gasteiger partial charge in [0.2, 0.25) is 0 Å². The minimum atomic E-state index is -0.906. The van der Waals surface area contributed by atoms with Crippen LogP contribution in [0.25, 0.3) is 0 Å². The van der Waals surface area contributed by atoms with Crippen LogP contribution in [0.5, 0.6) is 5.75 Å². The maximum atomic E-state index is 14.3. The normalized spacial score (nSPS) is 18.2. The number of hydrogen-bond acceptors (Lipinski definition) is 4. The zero-order valence-electron chi connectivity index (χ0n) is 13.6. The molecule has 0 aliphatic carbocycles. The van der Waals surface area contributed by atoms with Gasteiger partial charge >= 0.3 is 0 Å². The van der Waals surface area contributed by atoms with Gasteiger partial charge in [-0.15, -0.1) is 0 Å². The van der Waals surface area contributed by atoms with Crippen molar-refractivity contribution in [1.82, 2.24) is 10.3 Å². The lowest BCUT2D eigenvalue weighted by Gasteiger charge is -2.26. The predicted molar refractivity (Wildman–Crippen MR) is 90.0 cm³/mol. The summed E-state index contributed by atoms with van der Waals surface area (Å²) in [6.45, 7) is 2.73. The molecule has 1 fully saturated rings. The van der Waals surface area contributed by atoms with Gasteiger partial charge in [0, 0.05) is 36.5 Å². The van der Waals surface area contributed by atoms with Crippen LogP contribution in [0.1, 0.15) is 35.4 Å². The summed E-state index contributed by atoms with van der Waals surface area (Å²) in [6, 6.07) is 3.40. The molecule has 1 aromatic heterocycles. The van der Waals surface area contributed by atoms with Crippen molar-refractivity contribution in [3.8, 4) is 5.75 Å². The molecule has 4 nitrogen and oxygen atoms in total. The van der Waals surface area contributed by atoms with E-state index in [-0.39, 0.29) is 17.2 Å². The summed E-state index contributed by atoms with van der Waals surface area (Å²) in [5, 5.41) is 3.66. The molecule has 2 aromatic rings. The molecule has 0 radical (unpaired) electrons. The van der Waals surface area contributed by atoms with Crippen molar-refractivity contribution in [2.75, 3.05) is 13.1 Å². The second-order valence-electron chi connectivity index (χ2n) is 6.05. The fraction of sp³-hybridized carbons (Fsp3) is 0.333. The van der Waals surface area contributed by atoms with E-state index in [9.17, 15) is 13.6 Å². The Morgan fingerprint density at radius 1 is 1.36 bits per heavy atom. The number of pyridine rings is 1. The number of rotatable bonds is 5. The van der Waals surface area contributed by atoms with Gasteiger partial charge < -0.3 is 10.1 Å². The molecule has 0 saturated carbocycles. The van der Waals surface area contributed by atoms with Gasteiger partial charge in [0.1, 0.15) is 11.9 Å². The molecule has 0 bridgehead atoms. The Balaban J connectivity index is 2.03. The highest BCUT2D eigenvalue weighted by Gasteiger charge is 2.30. The Morgan fingerprint density at radius 3 is 2.80 bits per heavy atom. The average molecular weight is 367 g/mol. The van der Waals surface area contributed by atoms with Crippen molar-refractivity contribution in [3.63, 3.8) is 0 Å². The molecule has 1 saturated heterocycles. The molecule has 2 heterocycles. The maximum Gasteiger partial charge on any atom is 0.168 e. The lowest BCUT2D eigenvalue weighted by molar-refractivity contribution is 0.0991. The molecule has 7 heteroatoms. The summed E-state index contributed by atoms with van der Waals surface area (Å²) in [5.74, 6) is -2.40. The smallest absolute Gasteiger partial charge is 0.168 e. The molecule has 0 spiro atoms. The van der Waals surface area contributed by atoms with Crippen molar-refractivity contribution < 1.29 is 18.3 Å². The van der Waals surface area contributed by atoms with Gasteiger partial charge in [-0.25, -0.2) is 8.78 Å². The van der Waals surface area contributed by atoms with Crippen LogP contribution in [0.4, 0.5) is 8.78 Å². The van der Waals surface area contributed by atoms with E-state index in [2.05, 4.69) is 10.3 Å². The molecule has 0 amide bonds. The molecule has 1 aliphatic heterocycles. The van der Waals surface area contributed by atoms with Crippen LogP contribution >= 0.6 is 11.6 Å². The third-order valence-electron chi connectivity index (χ3n) is 4.21. The summed E-state index contributed by atoms with van der Waals surface area (Å²) < 4.78 is 33.8. The Hall–Kier alpha value is -2.05. The monoisotopic (exact) mass is 366 g/mol. The second-order valence-corrected chi connectivity index (χ2v) is 6.48. The van der Waals surface area contributed by atoms with Gasteiger partial charge in [-0.3, -0.25) is 9.78 Å². The molecule has 1 N–H and O–H groups in total. The number of halogens is 3. The third kappa shape index (κ3) is 3.96. The first-order chi connectivity index (χ1) is 12.0. The van der Waals surface area contributed by atoms with Crippen molar-refractivity contribution in [3.05, 3.63) is 58.4 Å². The second kappa shape index (κ2) is 7.45. The van der Waals surface area contributed by atoms with Crippen LogP contribution in [0.3, 0.4) is 0 Å². The number of hydrogen-bond donors (Lipinski definition) is 1. The number of Topliss-reactive ketones (excluding diaryl/α,β-unsaturated/α-hetero) is 1. The Labute approximate surface area is 149 Å².